The van der Waals surface area contributed by atoms with Crippen molar-refractivity contribution in [3.8, 4) is 0 Å². The highest BCUT2D eigenvalue weighted by Gasteiger charge is 2.29. The summed E-state index contributed by atoms with van der Waals surface area (Å²) in [4.78, 5) is 44.5. The number of anilines is 1. The van der Waals surface area contributed by atoms with Crippen LogP contribution in [0.3, 0.4) is 0 Å². The number of nitrogens with one attached hydrogen (secondary N) is 5. The van der Waals surface area contributed by atoms with Crippen LogP contribution < -0.4 is 30.3 Å². The molecule has 2 aromatic carbocycles. The molecule has 0 spiro atoms. The number of amides is 3. The van der Waals surface area contributed by atoms with Crippen molar-refractivity contribution in [1.29, 1.82) is 0 Å². The summed E-state index contributed by atoms with van der Waals surface area (Å²) >= 11 is 3.42. The Hall–Kier alpha value is -3.85. The number of carbonyl (C=O) groups is 3. The predicted molar refractivity (Wildman–Crippen MR) is 188 cm³/mol. The molecule has 2 fully saturated rings. The number of hydrogen-bond acceptors (Lipinski definition) is 7. The Morgan fingerprint density at radius 2 is 1.71 bits per heavy atom. The van der Waals surface area contributed by atoms with Gasteiger partial charge < -0.3 is 21.3 Å². The lowest BCUT2D eigenvalue weighted by Crippen LogP contribution is -2.50. The van der Waals surface area contributed by atoms with E-state index in [1.807, 2.05) is 43.3 Å². The first-order valence-corrected chi connectivity index (χ1v) is 18.4. The Labute approximate surface area is 290 Å². The highest BCUT2D eigenvalue weighted by molar-refractivity contribution is 9.10. The molecule has 48 heavy (non-hydrogen) atoms. The second kappa shape index (κ2) is 16.0. The fraction of sp³-hybridized carbons (Fsp3) is 0.412. The van der Waals surface area contributed by atoms with Crippen molar-refractivity contribution >= 4 is 49.5 Å². The lowest BCUT2D eigenvalue weighted by molar-refractivity contribution is -0.122. The normalized spacial score (nSPS) is 17.5. The smallest absolute Gasteiger partial charge is 0.301 e. The third-order valence-electron chi connectivity index (χ3n) is 8.40. The van der Waals surface area contributed by atoms with Gasteiger partial charge in [-0.1, -0.05) is 34.1 Å². The Kier molecular flexibility index (Phi) is 11.8. The summed E-state index contributed by atoms with van der Waals surface area (Å²) in [6.45, 7) is 5.05. The van der Waals surface area contributed by atoms with E-state index in [0.717, 1.165) is 28.6 Å². The molecule has 5 N–H and O–H groups in total. The molecule has 1 aliphatic carbocycles. The van der Waals surface area contributed by atoms with Crippen molar-refractivity contribution in [1.82, 2.24) is 31.0 Å². The van der Waals surface area contributed by atoms with Crippen LogP contribution in [0.4, 0.5) is 5.69 Å². The third-order valence-corrected chi connectivity index (χ3v) is 10.5. The molecule has 1 aliphatic heterocycles. The molecule has 0 bridgehead atoms. The van der Waals surface area contributed by atoms with Crippen molar-refractivity contribution in [2.75, 3.05) is 30.5 Å². The third kappa shape index (κ3) is 9.84. The van der Waals surface area contributed by atoms with Gasteiger partial charge in [-0.05, 0) is 87.1 Å². The standard InChI is InChI=1S/C34H42BrN7O5S/c1-22(25-9-11-28(35)12-10-25)40-33(44)26-16-27(18-31(17-26)42-15-5-14-39-48(42,46)47)34(45)41-30(19-29-6-3-4-13-36-29)21-37-23(2)32(43)38-20-24-7-8-24/h3-4,6,9-13,16-18,22-24,30,37,39H,5,7-8,14-15,19-21H2,1-2H3,(H,38,43)(H,40,44)(H,41,45)/t22-,23+,30+/m1/s1. The van der Waals surface area contributed by atoms with E-state index >= 15 is 0 Å². The average Bonchev–Trinajstić information content (AvgIpc) is 3.91. The zero-order valence-electron chi connectivity index (χ0n) is 27.0. The van der Waals surface area contributed by atoms with Gasteiger partial charge in [0, 0.05) is 66.1 Å². The first-order valence-electron chi connectivity index (χ1n) is 16.2. The summed E-state index contributed by atoms with van der Waals surface area (Å²) in [5.41, 5.74) is 2.09. The van der Waals surface area contributed by atoms with E-state index in [0.29, 0.717) is 31.8 Å². The van der Waals surface area contributed by atoms with Crippen LogP contribution in [0.2, 0.25) is 0 Å². The zero-order valence-corrected chi connectivity index (χ0v) is 29.4. The average molecular weight is 741 g/mol. The minimum Gasteiger partial charge on any atom is -0.354 e. The molecule has 1 saturated carbocycles. The van der Waals surface area contributed by atoms with Crippen LogP contribution in [0, 0.1) is 5.92 Å². The van der Waals surface area contributed by atoms with Crippen LogP contribution in [0.5, 0.6) is 0 Å². The number of rotatable bonds is 14. The van der Waals surface area contributed by atoms with E-state index in [2.05, 4.69) is 46.9 Å². The van der Waals surface area contributed by atoms with Gasteiger partial charge in [-0.2, -0.15) is 13.1 Å². The van der Waals surface area contributed by atoms with Crippen molar-refractivity contribution < 1.29 is 22.8 Å². The highest BCUT2D eigenvalue weighted by atomic mass is 79.9. The summed E-state index contributed by atoms with van der Waals surface area (Å²) in [5, 5.41) is 12.2. The van der Waals surface area contributed by atoms with Crippen molar-refractivity contribution in [3.63, 3.8) is 0 Å². The van der Waals surface area contributed by atoms with E-state index in [-0.39, 0.29) is 41.9 Å². The van der Waals surface area contributed by atoms with Gasteiger partial charge in [0.2, 0.25) is 5.91 Å². The molecule has 2 aliphatic rings. The van der Waals surface area contributed by atoms with E-state index in [1.165, 1.54) is 22.5 Å². The van der Waals surface area contributed by atoms with Gasteiger partial charge in [0.05, 0.1) is 17.8 Å². The number of halogens is 1. The Balaban J connectivity index is 1.38. The predicted octanol–water partition coefficient (Wildman–Crippen LogP) is 3.23. The van der Waals surface area contributed by atoms with Crippen LogP contribution in [0.15, 0.2) is 71.3 Å². The SMILES string of the molecule is C[C@H](NC[C@H](Cc1ccccn1)NC(=O)c1cc(C(=O)N[C@H](C)c2ccc(Br)cc2)cc(N2CCCNS2(=O)=O)c1)C(=O)NCC1CC1. The fourth-order valence-electron chi connectivity index (χ4n) is 5.37. The summed E-state index contributed by atoms with van der Waals surface area (Å²) in [6, 6.07) is 16.2. The lowest BCUT2D eigenvalue weighted by Gasteiger charge is -2.29. The number of carbonyl (C=O) groups excluding carboxylic acids is 3. The monoisotopic (exact) mass is 739 g/mol. The molecule has 3 aromatic rings. The topological polar surface area (TPSA) is 162 Å². The van der Waals surface area contributed by atoms with Gasteiger partial charge in [0.1, 0.15) is 0 Å². The molecule has 0 radical (unpaired) electrons. The molecule has 1 saturated heterocycles. The van der Waals surface area contributed by atoms with Gasteiger partial charge in [-0.15, -0.1) is 0 Å². The molecule has 256 valence electrons. The Bertz CT molecular complexity index is 1700. The maximum Gasteiger partial charge on any atom is 0.301 e. The molecule has 1 aromatic heterocycles. The zero-order chi connectivity index (χ0) is 34.3. The number of nitrogens with zero attached hydrogens (tertiary/aromatic N) is 2. The second-order valence-electron chi connectivity index (χ2n) is 12.4. The van der Waals surface area contributed by atoms with E-state index in [4.69, 9.17) is 0 Å². The van der Waals surface area contributed by atoms with Crippen molar-refractivity contribution in [2.24, 2.45) is 5.92 Å². The van der Waals surface area contributed by atoms with Crippen LogP contribution in [0.25, 0.3) is 0 Å². The molecule has 2 heterocycles. The van der Waals surface area contributed by atoms with E-state index < -0.39 is 34.1 Å². The summed E-state index contributed by atoms with van der Waals surface area (Å²) < 4.78 is 30.5. The summed E-state index contributed by atoms with van der Waals surface area (Å²) in [5.74, 6) is -0.508. The largest absolute Gasteiger partial charge is 0.354 e. The molecule has 12 nitrogen and oxygen atoms in total. The Morgan fingerprint density at radius 3 is 2.35 bits per heavy atom. The first-order chi connectivity index (χ1) is 23.0. The van der Waals surface area contributed by atoms with Crippen LogP contribution >= 0.6 is 15.9 Å². The molecule has 3 atom stereocenters. The number of benzene rings is 2. The van der Waals surface area contributed by atoms with Crippen molar-refractivity contribution in [3.05, 3.63) is 93.7 Å². The number of pyridine rings is 1. The lowest BCUT2D eigenvalue weighted by atomic mass is 10.0. The molecule has 14 heteroatoms. The van der Waals surface area contributed by atoms with E-state index in [1.54, 1.807) is 19.2 Å². The van der Waals surface area contributed by atoms with Gasteiger partial charge in [-0.3, -0.25) is 23.7 Å². The first kappa shape index (κ1) is 35.5. The minimum atomic E-state index is -3.87. The minimum absolute atomic E-state index is 0.109. The molecule has 3 amide bonds. The van der Waals surface area contributed by atoms with Crippen LogP contribution in [-0.2, 0) is 21.4 Å². The Morgan fingerprint density at radius 1 is 1.00 bits per heavy atom. The quantitative estimate of drug-likeness (QED) is 0.170. The van der Waals surface area contributed by atoms with Crippen LogP contribution in [-0.4, -0.2) is 69.4 Å². The van der Waals surface area contributed by atoms with Gasteiger partial charge in [-0.25, -0.2) is 0 Å². The van der Waals surface area contributed by atoms with Crippen LogP contribution in [0.1, 0.15) is 71.1 Å². The molecular formula is C34H42BrN7O5S. The molecular weight excluding hydrogens is 698 g/mol. The van der Waals surface area contributed by atoms with Gasteiger partial charge in [0.25, 0.3) is 11.8 Å². The number of aromatic nitrogens is 1. The molecule has 0 unspecified atom stereocenters. The maximum atomic E-state index is 13.9. The van der Waals surface area contributed by atoms with E-state index in [9.17, 15) is 22.8 Å². The maximum absolute atomic E-state index is 13.9. The number of hydrogen-bond donors (Lipinski definition) is 5. The second-order valence-corrected chi connectivity index (χ2v) is 14.9. The van der Waals surface area contributed by atoms with Gasteiger partial charge >= 0.3 is 10.2 Å². The van der Waals surface area contributed by atoms with Gasteiger partial charge in [0.15, 0.2) is 0 Å². The fourth-order valence-corrected chi connectivity index (χ4v) is 6.94. The summed E-state index contributed by atoms with van der Waals surface area (Å²) in [7, 11) is -3.87. The van der Waals surface area contributed by atoms with Crippen molar-refractivity contribution in [2.45, 2.75) is 57.7 Å². The highest BCUT2D eigenvalue weighted by Crippen LogP contribution is 2.27. The summed E-state index contributed by atoms with van der Waals surface area (Å²) in [6.07, 6.45) is 4.87. The molecule has 5 rings (SSSR count).